The van der Waals surface area contributed by atoms with E-state index in [0.717, 1.165) is 4.88 Å². The maximum Gasteiger partial charge on any atom is 0.325 e. The van der Waals surface area contributed by atoms with Crippen LogP contribution in [0.3, 0.4) is 0 Å². The van der Waals surface area contributed by atoms with Crippen LogP contribution in [0.15, 0.2) is 35.7 Å². The molecular weight excluding hydrogens is 298 g/mol. The van der Waals surface area contributed by atoms with Crippen LogP contribution in [-0.4, -0.2) is 18.2 Å². The highest BCUT2D eigenvalue weighted by Crippen LogP contribution is 2.32. The van der Waals surface area contributed by atoms with Gasteiger partial charge in [-0.25, -0.2) is 0 Å². The van der Waals surface area contributed by atoms with E-state index in [-0.39, 0.29) is 0 Å². The van der Waals surface area contributed by atoms with E-state index < -0.39 is 12.0 Å². The molecular formula is C14H14ClNO3S. The van der Waals surface area contributed by atoms with E-state index >= 15 is 0 Å². The second-order valence-electron chi connectivity index (χ2n) is 4.09. The Kier molecular flexibility index (Phi) is 5.00. The summed E-state index contributed by atoms with van der Waals surface area (Å²) in [4.78, 5) is 12.6. The van der Waals surface area contributed by atoms with Gasteiger partial charge in [0.05, 0.1) is 7.11 Å². The first-order chi connectivity index (χ1) is 9.63. The number of hydrogen-bond donors (Lipinski definition) is 2. The maximum atomic E-state index is 11.5. The van der Waals surface area contributed by atoms with Crippen LogP contribution in [0, 0.1) is 0 Å². The van der Waals surface area contributed by atoms with Crippen LogP contribution in [0.2, 0.25) is 5.02 Å². The molecule has 106 valence electrons. The lowest BCUT2D eigenvalue weighted by Crippen LogP contribution is -2.28. The van der Waals surface area contributed by atoms with Gasteiger partial charge in [-0.3, -0.25) is 10.1 Å². The van der Waals surface area contributed by atoms with E-state index in [9.17, 15) is 9.90 Å². The zero-order chi connectivity index (χ0) is 14.5. The zero-order valence-electron chi connectivity index (χ0n) is 10.8. The Hall–Kier alpha value is -1.56. The topological polar surface area (TPSA) is 58.6 Å². The Morgan fingerprint density at radius 3 is 2.85 bits per heavy atom. The summed E-state index contributed by atoms with van der Waals surface area (Å²) in [6.07, 6.45) is 0. The van der Waals surface area contributed by atoms with Crippen molar-refractivity contribution in [3.8, 4) is 5.75 Å². The van der Waals surface area contributed by atoms with Crippen molar-refractivity contribution < 1.29 is 14.6 Å². The third-order valence-corrected chi connectivity index (χ3v) is 4.03. The Balaban J connectivity index is 2.26. The second-order valence-corrected chi connectivity index (χ2v) is 5.53. The molecule has 0 amide bonds. The first kappa shape index (κ1) is 14.8. The van der Waals surface area contributed by atoms with Crippen LogP contribution in [0.4, 0.5) is 0 Å². The molecule has 1 aromatic carbocycles. The van der Waals surface area contributed by atoms with Crippen LogP contribution in [0.5, 0.6) is 5.75 Å². The Morgan fingerprint density at radius 1 is 1.45 bits per heavy atom. The van der Waals surface area contributed by atoms with Gasteiger partial charge < -0.3 is 9.84 Å². The minimum absolute atomic E-state index is 0.371. The molecule has 20 heavy (non-hydrogen) atoms. The van der Waals surface area contributed by atoms with Crippen LogP contribution in [0.25, 0.3) is 0 Å². The van der Waals surface area contributed by atoms with E-state index in [1.807, 2.05) is 17.5 Å². The van der Waals surface area contributed by atoms with Gasteiger partial charge >= 0.3 is 5.97 Å². The van der Waals surface area contributed by atoms with Crippen molar-refractivity contribution in [2.24, 2.45) is 0 Å². The molecule has 0 aliphatic heterocycles. The third kappa shape index (κ3) is 3.30. The van der Waals surface area contributed by atoms with Gasteiger partial charge in [-0.2, -0.15) is 0 Å². The third-order valence-electron chi connectivity index (χ3n) is 2.83. The summed E-state index contributed by atoms with van der Waals surface area (Å²) in [5, 5.41) is 14.7. The Morgan fingerprint density at radius 2 is 2.25 bits per heavy atom. The number of carbonyl (C=O) groups is 1. The average Bonchev–Trinajstić information content (AvgIpc) is 2.93. The number of halogens is 1. The standard InChI is InChI=1S/C14H14ClNO3S/c1-19-11-6-2-5-10(15)12(11)13(14(17)18)16-8-9-4-3-7-20-9/h2-7,13,16H,8H2,1H3,(H,17,18). The predicted molar refractivity (Wildman–Crippen MR) is 79.5 cm³/mol. The van der Waals surface area contributed by atoms with E-state index in [0.29, 0.717) is 22.9 Å². The highest BCUT2D eigenvalue weighted by Gasteiger charge is 2.25. The van der Waals surface area contributed by atoms with Crippen molar-refractivity contribution in [1.29, 1.82) is 0 Å². The zero-order valence-corrected chi connectivity index (χ0v) is 12.4. The van der Waals surface area contributed by atoms with Crippen LogP contribution in [0.1, 0.15) is 16.5 Å². The molecule has 1 aromatic heterocycles. The molecule has 0 radical (unpaired) electrons. The molecule has 4 nitrogen and oxygen atoms in total. The van der Waals surface area contributed by atoms with Gasteiger partial charge in [0, 0.05) is 22.0 Å². The number of thiophene rings is 1. The molecule has 0 fully saturated rings. The first-order valence-electron chi connectivity index (χ1n) is 5.94. The largest absolute Gasteiger partial charge is 0.496 e. The normalized spacial score (nSPS) is 12.1. The number of aliphatic carboxylic acids is 1. The number of carboxylic acids is 1. The number of hydrogen-bond acceptors (Lipinski definition) is 4. The summed E-state index contributed by atoms with van der Waals surface area (Å²) in [5.41, 5.74) is 0.445. The molecule has 1 atom stereocenters. The van der Waals surface area contributed by atoms with Gasteiger partial charge in [0.1, 0.15) is 11.8 Å². The summed E-state index contributed by atoms with van der Waals surface area (Å²) >= 11 is 7.69. The summed E-state index contributed by atoms with van der Waals surface area (Å²) in [7, 11) is 1.49. The quantitative estimate of drug-likeness (QED) is 0.859. The predicted octanol–water partition coefficient (Wildman–Crippen LogP) is 3.33. The molecule has 0 bridgehead atoms. The number of nitrogens with one attached hydrogen (secondary N) is 1. The number of carboxylic acid groups (broad SMARTS) is 1. The van der Waals surface area contributed by atoms with Crippen molar-refractivity contribution in [3.63, 3.8) is 0 Å². The molecule has 1 heterocycles. The number of ether oxygens (including phenoxy) is 1. The summed E-state index contributed by atoms with van der Waals surface area (Å²) in [5.74, 6) is -0.531. The molecule has 6 heteroatoms. The van der Waals surface area contributed by atoms with Gasteiger partial charge in [0.2, 0.25) is 0 Å². The molecule has 2 rings (SSSR count). The molecule has 1 unspecified atom stereocenters. The fourth-order valence-electron chi connectivity index (χ4n) is 1.90. The lowest BCUT2D eigenvalue weighted by molar-refractivity contribution is -0.139. The monoisotopic (exact) mass is 311 g/mol. The second kappa shape index (κ2) is 6.74. The Bertz CT molecular complexity index is 586. The van der Waals surface area contributed by atoms with Gasteiger partial charge in [0.15, 0.2) is 0 Å². The van der Waals surface area contributed by atoms with Gasteiger partial charge in [-0.05, 0) is 23.6 Å². The summed E-state index contributed by atoms with van der Waals surface area (Å²) in [6, 6.07) is 8.03. The maximum absolute atomic E-state index is 11.5. The number of benzene rings is 1. The minimum atomic E-state index is -0.993. The van der Waals surface area contributed by atoms with Crippen LogP contribution in [-0.2, 0) is 11.3 Å². The van der Waals surface area contributed by atoms with Gasteiger partial charge in [0.25, 0.3) is 0 Å². The van der Waals surface area contributed by atoms with Crippen molar-refractivity contribution in [3.05, 3.63) is 51.2 Å². The van der Waals surface area contributed by atoms with Gasteiger partial charge in [-0.15, -0.1) is 11.3 Å². The van der Waals surface area contributed by atoms with Crippen molar-refractivity contribution in [2.45, 2.75) is 12.6 Å². The van der Waals surface area contributed by atoms with Crippen LogP contribution >= 0.6 is 22.9 Å². The van der Waals surface area contributed by atoms with Crippen LogP contribution < -0.4 is 10.1 Å². The van der Waals surface area contributed by atoms with Crippen molar-refractivity contribution in [2.75, 3.05) is 7.11 Å². The molecule has 0 saturated carbocycles. The SMILES string of the molecule is COc1cccc(Cl)c1C(NCc1cccs1)C(=O)O. The first-order valence-corrected chi connectivity index (χ1v) is 7.20. The molecule has 0 aliphatic carbocycles. The minimum Gasteiger partial charge on any atom is -0.496 e. The molecule has 2 N–H and O–H groups in total. The fraction of sp³-hybridized carbons (Fsp3) is 0.214. The van der Waals surface area contributed by atoms with E-state index in [2.05, 4.69) is 5.32 Å². The molecule has 0 spiro atoms. The highest BCUT2D eigenvalue weighted by atomic mass is 35.5. The number of rotatable bonds is 6. The summed E-state index contributed by atoms with van der Waals surface area (Å²) in [6.45, 7) is 0.461. The lowest BCUT2D eigenvalue weighted by Gasteiger charge is -2.18. The van der Waals surface area contributed by atoms with E-state index in [1.54, 1.807) is 29.5 Å². The Labute approximate surface area is 126 Å². The smallest absolute Gasteiger partial charge is 0.325 e. The molecule has 0 aliphatic rings. The van der Waals surface area contributed by atoms with Crippen molar-refractivity contribution in [1.82, 2.24) is 5.32 Å². The molecule has 0 saturated heterocycles. The van der Waals surface area contributed by atoms with E-state index in [1.165, 1.54) is 7.11 Å². The van der Waals surface area contributed by atoms with Crippen molar-refractivity contribution >= 4 is 28.9 Å². The van der Waals surface area contributed by atoms with Gasteiger partial charge in [-0.1, -0.05) is 23.7 Å². The van der Waals surface area contributed by atoms with E-state index in [4.69, 9.17) is 16.3 Å². The summed E-state index contributed by atoms with van der Waals surface area (Å²) < 4.78 is 5.21. The average molecular weight is 312 g/mol. The molecule has 2 aromatic rings. The highest BCUT2D eigenvalue weighted by molar-refractivity contribution is 7.09. The lowest BCUT2D eigenvalue weighted by atomic mass is 10.1. The number of methoxy groups -OCH3 is 1. The fourth-order valence-corrected chi connectivity index (χ4v) is 2.83.